The van der Waals surface area contributed by atoms with E-state index in [1.54, 1.807) is 20.9 Å². The van der Waals surface area contributed by atoms with Gasteiger partial charge in [0.05, 0.1) is 29.4 Å². The van der Waals surface area contributed by atoms with Gasteiger partial charge in [-0.05, 0) is 39.1 Å². The van der Waals surface area contributed by atoms with Crippen molar-refractivity contribution in [1.82, 2.24) is 10.2 Å². The van der Waals surface area contributed by atoms with Crippen LogP contribution in [0.1, 0.15) is 19.4 Å². The Balaban J connectivity index is 2.66. The third kappa shape index (κ3) is 6.76. The van der Waals surface area contributed by atoms with Crippen molar-refractivity contribution in [2.45, 2.75) is 26.1 Å². The summed E-state index contributed by atoms with van der Waals surface area (Å²) in [7, 11) is 1.55. The Morgan fingerprint density at radius 3 is 2.33 bits per heavy atom. The van der Waals surface area contributed by atoms with Crippen LogP contribution in [-0.2, 0) is 15.8 Å². The minimum atomic E-state index is -4.53. The Morgan fingerprint density at radius 2 is 1.79 bits per heavy atom. The number of anilines is 1. The van der Waals surface area contributed by atoms with E-state index >= 15 is 0 Å². The van der Waals surface area contributed by atoms with Gasteiger partial charge in [-0.3, -0.25) is 14.5 Å². The zero-order chi connectivity index (χ0) is 18.5. The number of likely N-dealkylation sites (N-methyl/N-ethyl adjacent to an activating group) is 1. The van der Waals surface area contributed by atoms with Crippen molar-refractivity contribution in [3.8, 4) is 0 Å². The summed E-state index contributed by atoms with van der Waals surface area (Å²) in [5.74, 6) is -0.825. The molecule has 1 rings (SSSR count). The van der Waals surface area contributed by atoms with Crippen molar-refractivity contribution in [1.29, 1.82) is 0 Å². The molecule has 0 atom stereocenters. The van der Waals surface area contributed by atoms with E-state index in [9.17, 15) is 22.8 Å². The quantitative estimate of drug-likeness (QED) is 0.815. The number of hydrogen-bond donors (Lipinski definition) is 2. The molecule has 1 aromatic carbocycles. The van der Waals surface area contributed by atoms with E-state index in [0.717, 1.165) is 18.2 Å². The molecule has 1 aromatic rings. The molecule has 0 unspecified atom stereocenters. The molecule has 0 aliphatic rings. The first kappa shape index (κ1) is 20.2. The SMILES string of the molecule is CC(C)NC(=O)CN(C)CC(=O)Nc1cc(C(F)(F)F)ccc1Cl. The van der Waals surface area contributed by atoms with Crippen molar-refractivity contribution in [2.24, 2.45) is 0 Å². The Labute approximate surface area is 143 Å². The predicted octanol–water partition coefficient (Wildman–Crippen LogP) is 2.75. The topological polar surface area (TPSA) is 61.4 Å². The van der Waals surface area contributed by atoms with Gasteiger partial charge in [-0.25, -0.2) is 0 Å². The van der Waals surface area contributed by atoms with Crippen LogP contribution in [0.2, 0.25) is 5.02 Å². The number of hydrogen-bond acceptors (Lipinski definition) is 3. The van der Waals surface area contributed by atoms with E-state index in [1.807, 2.05) is 0 Å². The molecule has 24 heavy (non-hydrogen) atoms. The molecule has 9 heteroatoms. The first-order chi connectivity index (χ1) is 11.0. The van der Waals surface area contributed by atoms with Crippen molar-refractivity contribution in [3.63, 3.8) is 0 Å². The van der Waals surface area contributed by atoms with Crippen LogP contribution in [0.15, 0.2) is 18.2 Å². The van der Waals surface area contributed by atoms with Gasteiger partial charge in [0.15, 0.2) is 0 Å². The first-order valence-corrected chi connectivity index (χ1v) is 7.51. The highest BCUT2D eigenvalue weighted by molar-refractivity contribution is 6.33. The summed E-state index contributed by atoms with van der Waals surface area (Å²) in [6.45, 7) is 3.43. The van der Waals surface area contributed by atoms with Gasteiger partial charge in [0.25, 0.3) is 0 Å². The second-order valence-electron chi connectivity index (χ2n) is 5.64. The van der Waals surface area contributed by atoms with Crippen molar-refractivity contribution >= 4 is 29.1 Å². The molecule has 0 radical (unpaired) electrons. The third-order valence-corrected chi connectivity index (χ3v) is 3.17. The van der Waals surface area contributed by atoms with Gasteiger partial charge >= 0.3 is 6.18 Å². The van der Waals surface area contributed by atoms with Gasteiger partial charge in [-0.2, -0.15) is 13.2 Å². The lowest BCUT2D eigenvalue weighted by Gasteiger charge is -2.17. The zero-order valence-corrected chi connectivity index (χ0v) is 14.3. The van der Waals surface area contributed by atoms with Crippen LogP contribution < -0.4 is 10.6 Å². The van der Waals surface area contributed by atoms with Gasteiger partial charge in [0.1, 0.15) is 0 Å². The minimum absolute atomic E-state index is 0.00319. The molecule has 5 nitrogen and oxygen atoms in total. The van der Waals surface area contributed by atoms with E-state index < -0.39 is 17.6 Å². The molecule has 0 aromatic heterocycles. The molecule has 0 bridgehead atoms. The van der Waals surface area contributed by atoms with Crippen LogP contribution in [0.25, 0.3) is 0 Å². The maximum absolute atomic E-state index is 12.7. The van der Waals surface area contributed by atoms with E-state index in [1.165, 1.54) is 4.90 Å². The fraction of sp³-hybridized carbons (Fsp3) is 0.467. The number of alkyl halides is 3. The second-order valence-corrected chi connectivity index (χ2v) is 6.04. The van der Waals surface area contributed by atoms with Gasteiger partial charge in [0, 0.05) is 6.04 Å². The maximum Gasteiger partial charge on any atom is 0.416 e. The van der Waals surface area contributed by atoms with Crippen LogP contribution >= 0.6 is 11.6 Å². The standard InChI is InChI=1S/C15H19ClF3N3O2/c1-9(2)20-13(23)7-22(3)8-14(24)21-12-6-10(15(17,18)19)4-5-11(12)16/h4-6,9H,7-8H2,1-3H3,(H,20,23)(H,21,24). The molecule has 2 amide bonds. The average Bonchev–Trinajstić information content (AvgIpc) is 2.38. The zero-order valence-electron chi connectivity index (χ0n) is 13.5. The summed E-state index contributed by atoms with van der Waals surface area (Å²) >= 11 is 5.81. The fourth-order valence-electron chi connectivity index (χ4n) is 1.90. The highest BCUT2D eigenvalue weighted by Crippen LogP contribution is 2.33. The summed E-state index contributed by atoms with van der Waals surface area (Å²) in [5, 5.41) is 4.99. The van der Waals surface area contributed by atoms with Gasteiger partial charge in [-0.15, -0.1) is 0 Å². The lowest BCUT2D eigenvalue weighted by Crippen LogP contribution is -2.41. The third-order valence-electron chi connectivity index (χ3n) is 2.84. The summed E-state index contributed by atoms with van der Waals surface area (Å²) in [6.07, 6.45) is -4.53. The molecule has 0 aliphatic carbocycles. The molecule has 0 spiro atoms. The first-order valence-electron chi connectivity index (χ1n) is 7.13. The van der Waals surface area contributed by atoms with Gasteiger partial charge < -0.3 is 10.6 Å². The number of rotatable bonds is 6. The lowest BCUT2D eigenvalue weighted by atomic mass is 10.2. The second kappa shape index (κ2) is 8.34. The Kier molecular flexibility index (Phi) is 7.04. The Bertz CT molecular complexity index is 606. The monoisotopic (exact) mass is 365 g/mol. The highest BCUT2D eigenvalue weighted by Gasteiger charge is 2.31. The van der Waals surface area contributed by atoms with Crippen molar-refractivity contribution in [3.05, 3.63) is 28.8 Å². The fourth-order valence-corrected chi connectivity index (χ4v) is 2.07. The van der Waals surface area contributed by atoms with Crippen LogP contribution in [0.3, 0.4) is 0 Å². The smallest absolute Gasteiger partial charge is 0.353 e. The van der Waals surface area contributed by atoms with Gasteiger partial charge in [-0.1, -0.05) is 11.6 Å². The lowest BCUT2D eigenvalue weighted by molar-refractivity contribution is -0.137. The Hall–Kier alpha value is -1.80. The Morgan fingerprint density at radius 1 is 1.21 bits per heavy atom. The maximum atomic E-state index is 12.7. The van der Waals surface area contributed by atoms with E-state index in [2.05, 4.69) is 10.6 Å². The summed E-state index contributed by atoms with van der Waals surface area (Å²) in [4.78, 5) is 24.9. The molecular formula is C15H19ClF3N3O2. The van der Waals surface area contributed by atoms with E-state index in [-0.39, 0.29) is 35.7 Å². The molecule has 0 saturated heterocycles. The average molecular weight is 366 g/mol. The normalized spacial score (nSPS) is 11.7. The minimum Gasteiger partial charge on any atom is -0.353 e. The highest BCUT2D eigenvalue weighted by atomic mass is 35.5. The largest absolute Gasteiger partial charge is 0.416 e. The molecule has 2 N–H and O–H groups in total. The number of carbonyl (C=O) groups is 2. The molecular weight excluding hydrogens is 347 g/mol. The number of nitrogens with one attached hydrogen (secondary N) is 2. The van der Waals surface area contributed by atoms with Crippen LogP contribution in [-0.4, -0.2) is 42.9 Å². The number of benzene rings is 1. The van der Waals surface area contributed by atoms with Crippen molar-refractivity contribution < 1.29 is 22.8 Å². The molecule has 0 aliphatic heterocycles. The van der Waals surface area contributed by atoms with E-state index in [0.29, 0.717) is 0 Å². The summed E-state index contributed by atoms with van der Waals surface area (Å²) < 4.78 is 38.1. The molecule has 0 fully saturated rings. The van der Waals surface area contributed by atoms with Crippen LogP contribution in [0.4, 0.5) is 18.9 Å². The van der Waals surface area contributed by atoms with Crippen LogP contribution in [0.5, 0.6) is 0 Å². The molecule has 134 valence electrons. The van der Waals surface area contributed by atoms with Gasteiger partial charge in [0.2, 0.25) is 11.8 Å². The number of nitrogens with zero attached hydrogens (tertiary/aromatic N) is 1. The van der Waals surface area contributed by atoms with Crippen molar-refractivity contribution in [2.75, 3.05) is 25.5 Å². The van der Waals surface area contributed by atoms with E-state index in [4.69, 9.17) is 11.6 Å². The summed E-state index contributed by atoms with van der Waals surface area (Å²) in [5.41, 5.74) is -1.04. The number of amides is 2. The summed E-state index contributed by atoms with van der Waals surface area (Å²) in [6, 6.07) is 2.65. The number of carbonyl (C=O) groups excluding carboxylic acids is 2. The van der Waals surface area contributed by atoms with Crippen LogP contribution in [0, 0.1) is 0 Å². The number of halogens is 4. The molecule has 0 saturated carbocycles. The molecule has 0 heterocycles. The predicted molar refractivity (Wildman–Crippen MR) is 85.9 cm³/mol.